The number of esters is 1. The van der Waals surface area contributed by atoms with Gasteiger partial charge in [-0.1, -0.05) is 13.8 Å². The first kappa shape index (κ1) is 36.8. The van der Waals surface area contributed by atoms with Crippen LogP contribution in [-0.2, 0) is 19.1 Å². The van der Waals surface area contributed by atoms with E-state index < -0.39 is 35.4 Å². The number of rotatable bonds is 7. The summed E-state index contributed by atoms with van der Waals surface area (Å²) in [4.78, 5) is 40.2. The molecule has 2 N–H and O–H groups in total. The van der Waals surface area contributed by atoms with Gasteiger partial charge in [0.05, 0.1) is 13.2 Å². The van der Waals surface area contributed by atoms with E-state index in [1.54, 1.807) is 20.8 Å². The van der Waals surface area contributed by atoms with Crippen molar-refractivity contribution in [3.05, 3.63) is 0 Å². The van der Waals surface area contributed by atoms with Crippen molar-refractivity contribution in [2.75, 3.05) is 13.7 Å². The van der Waals surface area contributed by atoms with Crippen molar-refractivity contribution < 1.29 is 23.9 Å². The summed E-state index contributed by atoms with van der Waals surface area (Å²) in [5.74, 6) is -0.365. The third kappa shape index (κ3) is 13.0. The molecule has 0 spiro atoms. The molecule has 0 unspecified atom stereocenters. The molecule has 1 heterocycles. The predicted octanol–water partition coefficient (Wildman–Crippen LogP) is 3.18. The number of carbonyl (C=O) groups excluding carboxylic acids is 3. The monoisotopic (exact) mass is 529 g/mol. The molecule has 0 radical (unpaired) electrons. The second-order valence-corrected chi connectivity index (χ2v) is 10.5. The van der Waals surface area contributed by atoms with Crippen molar-refractivity contribution in [1.29, 1.82) is 0 Å². The summed E-state index contributed by atoms with van der Waals surface area (Å²) in [6.07, 6.45) is 1.38. The second-order valence-electron chi connectivity index (χ2n) is 10.5. The number of amides is 2. The molecule has 1 fully saturated rings. The van der Waals surface area contributed by atoms with E-state index >= 15 is 0 Å². The van der Waals surface area contributed by atoms with Crippen molar-refractivity contribution in [3.63, 3.8) is 0 Å². The number of hydrogen-bond acceptors (Lipinski definition) is 6. The number of ether oxygens (including phenoxy) is 2. The van der Waals surface area contributed by atoms with Crippen LogP contribution in [-0.4, -0.2) is 65.8 Å². The number of likely N-dealkylation sites (tertiary alicyclic amines) is 1. The topological polar surface area (TPSA) is 97.0 Å². The van der Waals surface area contributed by atoms with Gasteiger partial charge in [-0.15, -0.1) is 0 Å². The highest BCUT2D eigenvalue weighted by Crippen LogP contribution is 2.26. The number of nitrogens with one attached hydrogen (secondary N) is 2. The number of alkyl carbamates (subject to hydrolysis) is 1. The SMILES string of the molecule is COC(=O)[C@@H]1CCCN1[C@H](C(=O)NC(C)(C)C)[C@H](CC(C)C)NC(=O)OC(C)(C)C.S.S.S. The van der Waals surface area contributed by atoms with Crippen LogP contribution in [0.4, 0.5) is 4.79 Å². The third-order valence-corrected chi connectivity index (χ3v) is 4.70. The summed E-state index contributed by atoms with van der Waals surface area (Å²) < 4.78 is 10.4. The smallest absolute Gasteiger partial charge is 0.407 e. The molecule has 0 aromatic heterocycles. The minimum Gasteiger partial charge on any atom is -0.468 e. The van der Waals surface area contributed by atoms with E-state index in [2.05, 4.69) is 10.6 Å². The van der Waals surface area contributed by atoms with Gasteiger partial charge >= 0.3 is 12.1 Å². The largest absolute Gasteiger partial charge is 0.468 e. The maximum Gasteiger partial charge on any atom is 0.407 e. The highest BCUT2D eigenvalue weighted by atomic mass is 32.1. The Kier molecular flexibility index (Phi) is 17.0. The van der Waals surface area contributed by atoms with Gasteiger partial charge in [0, 0.05) is 5.54 Å². The molecule has 0 aliphatic carbocycles. The van der Waals surface area contributed by atoms with Crippen molar-refractivity contribution >= 4 is 58.5 Å². The molecule has 0 aromatic carbocycles. The molecule has 198 valence electrons. The van der Waals surface area contributed by atoms with E-state index in [0.717, 1.165) is 6.42 Å². The molecule has 1 aliphatic heterocycles. The zero-order valence-electron chi connectivity index (χ0n) is 21.6. The highest BCUT2D eigenvalue weighted by Gasteiger charge is 2.44. The van der Waals surface area contributed by atoms with Crippen LogP contribution in [0, 0.1) is 5.92 Å². The Labute approximate surface area is 221 Å². The van der Waals surface area contributed by atoms with Crippen molar-refractivity contribution in [3.8, 4) is 0 Å². The van der Waals surface area contributed by atoms with Gasteiger partial charge in [-0.3, -0.25) is 14.5 Å². The van der Waals surface area contributed by atoms with Crippen LogP contribution in [0.5, 0.6) is 0 Å². The lowest BCUT2D eigenvalue weighted by Crippen LogP contribution is -2.63. The third-order valence-electron chi connectivity index (χ3n) is 4.70. The van der Waals surface area contributed by atoms with Crippen LogP contribution >= 0.6 is 40.5 Å². The second kappa shape index (κ2) is 15.3. The molecule has 2 amide bonds. The average Bonchev–Trinajstić information content (AvgIpc) is 2.99. The van der Waals surface area contributed by atoms with E-state index in [0.29, 0.717) is 19.4 Å². The van der Waals surface area contributed by atoms with Crippen LogP contribution in [0.15, 0.2) is 0 Å². The van der Waals surface area contributed by atoms with Gasteiger partial charge in [0.15, 0.2) is 0 Å². The van der Waals surface area contributed by atoms with Gasteiger partial charge in [0.25, 0.3) is 0 Å². The maximum atomic E-state index is 13.4. The molecule has 1 rings (SSSR count). The molecule has 33 heavy (non-hydrogen) atoms. The van der Waals surface area contributed by atoms with Gasteiger partial charge < -0.3 is 20.1 Å². The standard InChI is InChI=1S/C22H41N3O5.3H2S/c1-14(2)13-15(23-20(28)30-22(6,7)8)17(18(26)24-21(3,4)5)25-12-10-11-16(25)19(27)29-9;;;/h14-17H,10-13H2,1-9H3,(H,23,28)(H,24,26);3*1H2/t15-,16-,17-;;;/m0.../s1. The zero-order chi connectivity index (χ0) is 23.3. The van der Waals surface area contributed by atoms with Gasteiger partial charge in [-0.2, -0.15) is 40.5 Å². The molecule has 3 atom stereocenters. The number of methoxy groups -OCH3 is 1. The van der Waals surface area contributed by atoms with Crippen molar-refractivity contribution in [2.24, 2.45) is 5.92 Å². The van der Waals surface area contributed by atoms with Crippen LogP contribution in [0.25, 0.3) is 0 Å². The Morgan fingerprint density at radius 3 is 2.00 bits per heavy atom. The van der Waals surface area contributed by atoms with E-state index in [-0.39, 0.29) is 58.3 Å². The van der Waals surface area contributed by atoms with Gasteiger partial charge in [0.1, 0.15) is 17.7 Å². The summed E-state index contributed by atoms with van der Waals surface area (Å²) in [5.41, 5.74) is -1.11. The highest BCUT2D eigenvalue weighted by molar-refractivity contribution is 7.59. The summed E-state index contributed by atoms with van der Waals surface area (Å²) in [7, 11) is 1.35. The molecule has 0 aromatic rings. The Morgan fingerprint density at radius 1 is 1.03 bits per heavy atom. The molecule has 0 saturated carbocycles. The van der Waals surface area contributed by atoms with Crippen LogP contribution in [0.3, 0.4) is 0 Å². The quantitative estimate of drug-likeness (QED) is 0.492. The van der Waals surface area contributed by atoms with Crippen molar-refractivity contribution in [1.82, 2.24) is 15.5 Å². The number of carbonyl (C=O) groups is 3. The lowest BCUT2D eigenvalue weighted by Gasteiger charge is -2.38. The Morgan fingerprint density at radius 2 is 1.58 bits per heavy atom. The van der Waals surface area contributed by atoms with E-state index in [4.69, 9.17) is 9.47 Å². The first-order valence-electron chi connectivity index (χ1n) is 10.8. The lowest BCUT2D eigenvalue weighted by atomic mass is 9.94. The summed E-state index contributed by atoms with van der Waals surface area (Å²) in [5, 5.41) is 5.93. The Hall–Kier alpha value is -0.780. The van der Waals surface area contributed by atoms with Gasteiger partial charge in [-0.25, -0.2) is 4.79 Å². The molecular weight excluding hydrogens is 482 g/mol. The molecule has 1 aliphatic rings. The fourth-order valence-electron chi connectivity index (χ4n) is 3.75. The number of nitrogens with zero attached hydrogens (tertiary/aromatic N) is 1. The lowest BCUT2D eigenvalue weighted by molar-refractivity contribution is -0.148. The molecule has 8 nitrogen and oxygen atoms in total. The minimum atomic E-state index is -0.717. The Balaban J connectivity index is -0.00000300. The molecule has 0 bridgehead atoms. The predicted molar refractivity (Wildman–Crippen MR) is 147 cm³/mol. The minimum absolute atomic E-state index is 0. The summed E-state index contributed by atoms with van der Waals surface area (Å²) >= 11 is 0. The fourth-order valence-corrected chi connectivity index (χ4v) is 3.75. The van der Waals surface area contributed by atoms with E-state index in [9.17, 15) is 14.4 Å². The van der Waals surface area contributed by atoms with Crippen LogP contribution in [0.1, 0.15) is 74.7 Å². The summed E-state index contributed by atoms with van der Waals surface area (Å²) in [6.45, 7) is 15.7. The average molecular weight is 530 g/mol. The first-order chi connectivity index (χ1) is 13.6. The summed E-state index contributed by atoms with van der Waals surface area (Å²) in [6, 6.07) is -1.75. The normalized spacial score (nSPS) is 18.1. The number of hydrogen-bond donors (Lipinski definition) is 2. The van der Waals surface area contributed by atoms with Gasteiger partial charge in [0.2, 0.25) is 5.91 Å². The van der Waals surface area contributed by atoms with E-state index in [1.165, 1.54) is 7.11 Å². The molecule has 1 saturated heterocycles. The van der Waals surface area contributed by atoms with E-state index in [1.807, 2.05) is 39.5 Å². The van der Waals surface area contributed by atoms with Crippen LogP contribution in [0.2, 0.25) is 0 Å². The Bertz CT molecular complexity index is 621. The van der Waals surface area contributed by atoms with Crippen LogP contribution < -0.4 is 10.6 Å². The fraction of sp³-hybridized carbons (Fsp3) is 0.864. The van der Waals surface area contributed by atoms with Gasteiger partial charge in [-0.05, 0) is 73.3 Å². The van der Waals surface area contributed by atoms with Crippen molar-refractivity contribution in [2.45, 2.75) is 104 Å². The zero-order valence-corrected chi connectivity index (χ0v) is 24.6. The first-order valence-corrected chi connectivity index (χ1v) is 10.8. The molecule has 11 heteroatoms. The maximum absolute atomic E-state index is 13.4. The molecular formula is C22H47N3O5S3.